The lowest BCUT2D eigenvalue weighted by molar-refractivity contribution is 0.187. The zero-order chi connectivity index (χ0) is 11.1. The van der Waals surface area contributed by atoms with Crippen LogP contribution in [0.1, 0.15) is 33.6 Å². The van der Waals surface area contributed by atoms with E-state index in [9.17, 15) is 0 Å². The first-order chi connectivity index (χ1) is 6.49. The second-order valence-electron chi connectivity index (χ2n) is 4.86. The average molecular weight is 217 g/mol. The highest BCUT2D eigenvalue weighted by molar-refractivity contribution is 7.55. The first kappa shape index (κ1) is 14.4. The third-order valence-electron chi connectivity index (χ3n) is 2.87. The van der Waals surface area contributed by atoms with Crippen LogP contribution in [0.15, 0.2) is 0 Å². The molecule has 0 amide bonds. The van der Waals surface area contributed by atoms with E-state index in [0.717, 1.165) is 12.0 Å². The maximum Gasteiger partial charge on any atom is 0.0113 e. The molecular weight excluding hydrogens is 189 g/mol. The van der Waals surface area contributed by atoms with Crippen molar-refractivity contribution in [2.75, 3.05) is 33.1 Å². The molecule has 1 unspecified atom stereocenters. The zero-order valence-corrected chi connectivity index (χ0v) is 11.8. The van der Waals surface area contributed by atoms with Gasteiger partial charge in [0.2, 0.25) is 0 Å². The maximum absolute atomic E-state index is 2.55. The molecule has 0 spiro atoms. The van der Waals surface area contributed by atoms with Crippen molar-refractivity contribution < 1.29 is 0 Å². The molecule has 0 aliphatic carbocycles. The van der Waals surface area contributed by atoms with E-state index in [1.807, 2.05) is 0 Å². The van der Waals surface area contributed by atoms with Crippen LogP contribution < -0.4 is 0 Å². The molecule has 0 aliphatic heterocycles. The lowest BCUT2D eigenvalue weighted by Crippen LogP contribution is -2.36. The molecule has 0 aromatic heterocycles. The van der Waals surface area contributed by atoms with Crippen molar-refractivity contribution in [2.24, 2.45) is 5.92 Å². The second-order valence-corrected chi connectivity index (χ2v) is 7.46. The van der Waals surface area contributed by atoms with Gasteiger partial charge in [-0.25, -0.2) is 0 Å². The van der Waals surface area contributed by atoms with Gasteiger partial charge in [-0.1, -0.05) is 20.8 Å². The van der Waals surface area contributed by atoms with E-state index in [1.165, 1.54) is 25.5 Å². The van der Waals surface area contributed by atoms with Crippen LogP contribution in [0, 0.1) is 5.92 Å². The molecule has 0 N–H and O–H groups in total. The summed E-state index contributed by atoms with van der Waals surface area (Å²) >= 11 is 0. The Kier molecular flexibility index (Phi) is 7.86. The van der Waals surface area contributed by atoms with E-state index in [-0.39, 0.29) is 0 Å². The highest BCUT2D eigenvalue weighted by atomic mass is 31.1. The molecule has 0 aromatic carbocycles. The molecule has 0 aromatic rings. The molecule has 0 aliphatic rings. The summed E-state index contributed by atoms with van der Waals surface area (Å²) < 4.78 is 0. The lowest BCUT2D eigenvalue weighted by Gasteiger charge is -2.30. The molecule has 1 atom stereocenters. The summed E-state index contributed by atoms with van der Waals surface area (Å²) in [6, 6.07) is 0.773. The van der Waals surface area contributed by atoms with E-state index < -0.39 is 0 Å². The van der Waals surface area contributed by atoms with E-state index in [2.05, 4.69) is 46.0 Å². The van der Waals surface area contributed by atoms with Gasteiger partial charge in [-0.2, -0.15) is 0 Å². The molecule has 0 saturated carbocycles. The van der Waals surface area contributed by atoms with Crippen LogP contribution in [0.5, 0.6) is 0 Å². The van der Waals surface area contributed by atoms with Crippen LogP contribution in [0.4, 0.5) is 0 Å². The van der Waals surface area contributed by atoms with Crippen molar-refractivity contribution >= 4 is 7.92 Å². The minimum absolute atomic E-state index is 0.303. The molecule has 0 fully saturated rings. The van der Waals surface area contributed by atoms with E-state index >= 15 is 0 Å². The second kappa shape index (κ2) is 7.65. The van der Waals surface area contributed by atoms with Gasteiger partial charge >= 0.3 is 0 Å². The number of hydrogen-bond acceptors (Lipinski definition) is 1. The van der Waals surface area contributed by atoms with Crippen molar-refractivity contribution in [3.8, 4) is 0 Å². The van der Waals surface area contributed by atoms with Crippen LogP contribution in [-0.2, 0) is 0 Å². The summed E-state index contributed by atoms with van der Waals surface area (Å²) in [7, 11) is 2.58. The Morgan fingerprint density at radius 3 is 2.14 bits per heavy atom. The van der Waals surface area contributed by atoms with Crippen molar-refractivity contribution in [3.63, 3.8) is 0 Å². The molecular formula is C12H28NP. The Balaban J connectivity index is 3.75. The van der Waals surface area contributed by atoms with Crippen LogP contribution in [0.2, 0.25) is 0 Å². The van der Waals surface area contributed by atoms with Gasteiger partial charge < -0.3 is 4.90 Å². The quantitative estimate of drug-likeness (QED) is 0.590. The van der Waals surface area contributed by atoms with E-state index in [1.54, 1.807) is 0 Å². The van der Waals surface area contributed by atoms with Crippen molar-refractivity contribution in [1.29, 1.82) is 0 Å². The van der Waals surface area contributed by atoms with Gasteiger partial charge in [-0.3, -0.25) is 0 Å². The number of rotatable bonds is 7. The van der Waals surface area contributed by atoms with Gasteiger partial charge in [0, 0.05) is 6.04 Å². The van der Waals surface area contributed by atoms with Gasteiger partial charge in [-0.15, -0.1) is 7.92 Å². The Bertz CT molecular complexity index is 134. The third kappa shape index (κ3) is 5.98. The Labute approximate surface area is 92.0 Å². The number of nitrogens with zero attached hydrogens (tertiary/aromatic N) is 1. The van der Waals surface area contributed by atoms with Crippen LogP contribution >= 0.6 is 7.92 Å². The largest absolute Gasteiger partial charge is 0.303 e. The fraction of sp³-hybridized carbons (Fsp3) is 1.00. The molecule has 0 saturated heterocycles. The molecule has 2 heteroatoms. The van der Waals surface area contributed by atoms with Crippen LogP contribution in [0.3, 0.4) is 0 Å². The summed E-state index contributed by atoms with van der Waals surface area (Å²) in [5.41, 5.74) is 0. The fourth-order valence-corrected chi connectivity index (χ4v) is 2.87. The normalized spacial score (nSPS) is 14.4. The van der Waals surface area contributed by atoms with Crippen LogP contribution in [0.25, 0.3) is 0 Å². The summed E-state index contributed by atoms with van der Waals surface area (Å²) in [5.74, 6) is 0.787. The molecule has 86 valence electrons. The molecule has 0 bridgehead atoms. The lowest BCUT2D eigenvalue weighted by atomic mass is 10.0. The number of hydrogen-bond donors (Lipinski definition) is 0. The van der Waals surface area contributed by atoms with Gasteiger partial charge in [0.25, 0.3) is 0 Å². The average Bonchev–Trinajstić information content (AvgIpc) is 2.03. The molecule has 0 heterocycles. The fourth-order valence-electron chi connectivity index (χ4n) is 2.09. The Morgan fingerprint density at radius 2 is 1.79 bits per heavy atom. The van der Waals surface area contributed by atoms with Crippen molar-refractivity contribution in [3.05, 3.63) is 0 Å². The molecule has 14 heavy (non-hydrogen) atoms. The van der Waals surface area contributed by atoms with Gasteiger partial charge in [-0.05, 0) is 51.8 Å². The van der Waals surface area contributed by atoms with E-state index in [4.69, 9.17) is 0 Å². The summed E-state index contributed by atoms with van der Waals surface area (Å²) in [4.78, 5) is 2.55. The minimum Gasteiger partial charge on any atom is -0.303 e. The monoisotopic (exact) mass is 217 g/mol. The maximum atomic E-state index is 2.55. The van der Waals surface area contributed by atoms with Gasteiger partial charge in [0.05, 0.1) is 0 Å². The summed E-state index contributed by atoms with van der Waals surface area (Å²) in [6.07, 6.45) is 4.08. The first-order valence-corrected chi connectivity index (χ1v) is 8.26. The van der Waals surface area contributed by atoms with Gasteiger partial charge in [0.1, 0.15) is 0 Å². The summed E-state index contributed by atoms with van der Waals surface area (Å²) in [5, 5.41) is 0. The Hall–Kier alpha value is 0.390. The van der Waals surface area contributed by atoms with Gasteiger partial charge in [0.15, 0.2) is 0 Å². The van der Waals surface area contributed by atoms with Crippen molar-refractivity contribution in [1.82, 2.24) is 4.90 Å². The third-order valence-corrected chi connectivity index (χ3v) is 4.08. The minimum atomic E-state index is 0.303. The standard InChI is InChI=1S/C12H28NP/c1-7-12(11(2)3)13(4)9-8-10-14(5)6/h11-12H,7-10H2,1-6H3. The molecule has 1 nitrogen and oxygen atoms in total. The highest BCUT2D eigenvalue weighted by Crippen LogP contribution is 2.25. The molecule has 0 rings (SSSR count). The predicted molar refractivity (Wildman–Crippen MR) is 69.8 cm³/mol. The SMILES string of the molecule is CCC(C(C)C)N(C)CCCP(C)C. The van der Waals surface area contributed by atoms with E-state index in [0.29, 0.717) is 7.92 Å². The zero-order valence-electron chi connectivity index (χ0n) is 10.9. The first-order valence-electron chi connectivity index (χ1n) is 5.84. The Morgan fingerprint density at radius 1 is 1.21 bits per heavy atom. The smallest absolute Gasteiger partial charge is 0.0113 e. The highest BCUT2D eigenvalue weighted by Gasteiger charge is 2.15. The van der Waals surface area contributed by atoms with Crippen LogP contribution in [-0.4, -0.2) is 44.0 Å². The molecule has 0 radical (unpaired) electrons. The predicted octanol–water partition coefficient (Wildman–Crippen LogP) is 3.48. The topological polar surface area (TPSA) is 3.24 Å². The summed E-state index contributed by atoms with van der Waals surface area (Å²) in [6.45, 7) is 13.0. The van der Waals surface area contributed by atoms with Crippen molar-refractivity contribution in [2.45, 2.75) is 39.7 Å².